The van der Waals surface area contributed by atoms with Gasteiger partial charge in [-0.1, -0.05) is 18.6 Å². The summed E-state index contributed by atoms with van der Waals surface area (Å²) in [4.78, 5) is 0. The van der Waals surface area contributed by atoms with Gasteiger partial charge in [-0.3, -0.25) is 0 Å². The van der Waals surface area contributed by atoms with Gasteiger partial charge in [0.1, 0.15) is 5.82 Å². The van der Waals surface area contributed by atoms with Crippen LogP contribution in [0, 0.1) is 5.82 Å². The highest BCUT2D eigenvalue weighted by molar-refractivity contribution is 7.86. The summed E-state index contributed by atoms with van der Waals surface area (Å²) in [6, 6.07) is 5.91. The van der Waals surface area contributed by atoms with E-state index in [1.165, 1.54) is 34.8 Å². The number of nitrogens with zero attached hydrogens (tertiary/aromatic N) is 2. The average Bonchev–Trinajstić information content (AvgIpc) is 2.39. The van der Waals surface area contributed by atoms with Gasteiger partial charge >= 0.3 is 0 Å². The highest BCUT2D eigenvalue weighted by Gasteiger charge is 2.34. The summed E-state index contributed by atoms with van der Waals surface area (Å²) in [5, 5.41) is 0. The van der Waals surface area contributed by atoms with Crippen LogP contribution < -0.4 is 0 Å². The van der Waals surface area contributed by atoms with Gasteiger partial charge < -0.3 is 0 Å². The molecular weight excluding hydrogens is 267 g/mol. The molecule has 1 aromatic rings. The van der Waals surface area contributed by atoms with Crippen LogP contribution in [-0.2, 0) is 10.2 Å². The van der Waals surface area contributed by atoms with Crippen LogP contribution in [0.15, 0.2) is 24.3 Å². The third-order valence-corrected chi connectivity index (χ3v) is 5.42. The Kier molecular flexibility index (Phi) is 4.23. The van der Waals surface area contributed by atoms with E-state index in [9.17, 15) is 12.8 Å². The average molecular weight is 286 g/mol. The first-order valence-electron chi connectivity index (χ1n) is 6.37. The first kappa shape index (κ1) is 14.4. The van der Waals surface area contributed by atoms with E-state index in [0.29, 0.717) is 6.54 Å². The molecule has 1 aliphatic rings. The minimum atomic E-state index is -3.43. The first-order chi connectivity index (χ1) is 8.93. The maximum atomic E-state index is 13.0. The zero-order valence-corrected chi connectivity index (χ0v) is 12.0. The molecule has 1 saturated heterocycles. The van der Waals surface area contributed by atoms with Crippen molar-refractivity contribution in [1.29, 1.82) is 0 Å². The van der Waals surface area contributed by atoms with Gasteiger partial charge in [0.05, 0.1) is 6.04 Å². The number of hydrogen-bond acceptors (Lipinski definition) is 2. The van der Waals surface area contributed by atoms with E-state index >= 15 is 0 Å². The third-order valence-electron chi connectivity index (χ3n) is 3.47. The van der Waals surface area contributed by atoms with Crippen molar-refractivity contribution >= 4 is 10.2 Å². The lowest BCUT2D eigenvalue weighted by Gasteiger charge is -2.36. The summed E-state index contributed by atoms with van der Waals surface area (Å²) < 4.78 is 40.3. The van der Waals surface area contributed by atoms with E-state index in [0.717, 1.165) is 24.8 Å². The topological polar surface area (TPSA) is 40.6 Å². The van der Waals surface area contributed by atoms with Gasteiger partial charge in [0.15, 0.2) is 0 Å². The number of hydrogen-bond donors (Lipinski definition) is 0. The highest BCUT2D eigenvalue weighted by atomic mass is 32.2. The Morgan fingerprint density at radius 1 is 1.21 bits per heavy atom. The molecule has 1 aromatic carbocycles. The standard InChI is InChI=1S/C13H19FN2O2S/c1-15(2)19(17,18)16-10-4-3-5-13(16)11-6-8-12(14)9-7-11/h6-9,13H,3-5,10H2,1-2H3/t13-/m0/s1. The molecule has 0 aromatic heterocycles. The summed E-state index contributed by atoms with van der Waals surface area (Å²) in [5.41, 5.74) is 0.853. The fraction of sp³-hybridized carbons (Fsp3) is 0.538. The van der Waals surface area contributed by atoms with Gasteiger partial charge in [0.2, 0.25) is 0 Å². The zero-order valence-electron chi connectivity index (χ0n) is 11.2. The Hall–Kier alpha value is -0.980. The molecule has 0 saturated carbocycles. The van der Waals surface area contributed by atoms with Crippen LogP contribution in [0.3, 0.4) is 0 Å². The van der Waals surface area contributed by atoms with Gasteiger partial charge in [-0.25, -0.2) is 4.39 Å². The van der Waals surface area contributed by atoms with Gasteiger partial charge in [0, 0.05) is 20.6 Å². The van der Waals surface area contributed by atoms with Gasteiger partial charge in [-0.15, -0.1) is 0 Å². The SMILES string of the molecule is CN(C)S(=O)(=O)N1CCCC[C@H]1c1ccc(F)cc1. The Morgan fingerprint density at radius 3 is 2.42 bits per heavy atom. The summed E-state index contributed by atoms with van der Waals surface area (Å²) in [6.07, 6.45) is 2.63. The van der Waals surface area contributed by atoms with Crippen molar-refractivity contribution in [2.24, 2.45) is 0 Å². The van der Waals surface area contributed by atoms with Crippen LogP contribution in [0.25, 0.3) is 0 Å². The second-order valence-corrected chi connectivity index (χ2v) is 7.06. The lowest BCUT2D eigenvalue weighted by atomic mass is 9.97. The molecule has 1 atom stereocenters. The summed E-state index contributed by atoms with van der Waals surface area (Å²) >= 11 is 0. The largest absolute Gasteiger partial charge is 0.282 e. The maximum Gasteiger partial charge on any atom is 0.282 e. The van der Waals surface area contributed by atoms with Crippen molar-refractivity contribution in [2.45, 2.75) is 25.3 Å². The number of rotatable bonds is 3. The normalized spacial score (nSPS) is 21.8. The van der Waals surface area contributed by atoms with Crippen LogP contribution in [0.5, 0.6) is 0 Å². The van der Waals surface area contributed by atoms with E-state index in [2.05, 4.69) is 0 Å². The van der Waals surface area contributed by atoms with Crippen LogP contribution in [-0.4, -0.2) is 37.7 Å². The van der Waals surface area contributed by atoms with E-state index in [1.54, 1.807) is 12.1 Å². The van der Waals surface area contributed by atoms with Crippen molar-refractivity contribution < 1.29 is 12.8 Å². The second kappa shape index (κ2) is 5.56. The van der Waals surface area contributed by atoms with E-state index < -0.39 is 10.2 Å². The van der Waals surface area contributed by atoms with Gasteiger partial charge in [0.25, 0.3) is 10.2 Å². The molecular formula is C13H19FN2O2S. The lowest BCUT2D eigenvalue weighted by Crippen LogP contribution is -2.44. The fourth-order valence-corrected chi connectivity index (χ4v) is 3.74. The summed E-state index contributed by atoms with van der Waals surface area (Å²) in [5.74, 6) is -0.304. The monoisotopic (exact) mass is 286 g/mol. The summed E-state index contributed by atoms with van der Waals surface area (Å²) in [7, 11) is -0.368. The zero-order chi connectivity index (χ0) is 14.0. The summed E-state index contributed by atoms with van der Waals surface area (Å²) in [6.45, 7) is 0.516. The minimum absolute atomic E-state index is 0.193. The number of halogens is 1. The molecule has 1 heterocycles. The van der Waals surface area contributed by atoms with Crippen LogP contribution in [0.1, 0.15) is 30.9 Å². The Morgan fingerprint density at radius 2 is 1.84 bits per heavy atom. The van der Waals surface area contributed by atoms with Gasteiger partial charge in [-0.05, 0) is 30.5 Å². The molecule has 106 valence electrons. The van der Waals surface area contributed by atoms with E-state index in [4.69, 9.17) is 0 Å². The van der Waals surface area contributed by atoms with Gasteiger partial charge in [-0.2, -0.15) is 17.0 Å². The smallest absolute Gasteiger partial charge is 0.207 e. The number of piperidine rings is 1. The molecule has 0 N–H and O–H groups in total. The molecule has 0 amide bonds. The predicted molar refractivity (Wildman–Crippen MR) is 72.3 cm³/mol. The lowest BCUT2D eigenvalue weighted by molar-refractivity contribution is 0.242. The molecule has 0 radical (unpaired) electrons. The molecule has 6 heteroatoms. The molecule has 2 rings (SSSR count). The quantitative estimate of drug-likeness (QED) is 0.854. The van der Waals surface area contributed by atoms with Crippen molar-refractivity contribution in [2.75, 3.05) is 20.6 Å². The maximum absolute atomic E-state index is 13.0. The molecule has 0 bridgehead atoms. The Bertz CT molecular complexity index is 528. The van der Waals surface area contributed by atoms with Crippen LogP contribution in [0.2, 0.25) is 0 Å². The Labute approximate surface area is 114 Å². The number of benzene rings is 1. The molecule has 1 aliphatic heterocycles. The predicted octanol–water partition coefficient (Wildman–Crippen LogP) is 2.16. The first-order valence-corrected chi connectivity index (χ1v) is 7.77. The Balaban J connectivity index is 2.33. The molecule has 0 unspecified atom stereocenters. The third kappa shape index (κ3) is 2.96. The van der Waals surface area contributed by atoms with Crippen molar-refractivity contribution in [3.05, 3.63) is 35.6 Å². The van der Waals surface area contributed by atoms with Crippen molar-refractivity contribution in [3.63, 3.8) is 0 Å². The van der Waals surface area contributed by atoms with Crippen molar-refractivity contribution in [1.82, 2.24) is 8.61 Å². The second-order valence-electron chi connectivity index (χ2n) is 4.96. The van der Waals surface area contributed by atoms with Crippen LogP contribution >= 0.6 is 0 Å². The highest BCUT2D eigenvalue weighted by Crippen LogP contribution is 2.33. The molecule has 4 nitrogen and oxygen atoms in total. The van der Waals surface area contributed by atoms with Crippen LogP contribution in [0.4, 0.5) is 4.39 Å². The fourth-order valence-electron chi connectivity index (χ4n) is 2.41. The molecule has 1 fully saturated rings. The van der Waals surface area contributed by atoms with Crippen molar-refractivity contribution in [3.8, 4) is 0 Å². The van der Waals surface area contributed by atoms with E-state index in [1.807, 2.05) is 0 Å². The molecule has 0 spiro atoms. The minimum Gasteiger partial charge on any atom is -0.207 e. The molecule has 19 heavy (non-hydrogen) atoms. The van der Waals surface area contributed by atoms with E-state index in [-0.39, 0.29) is 11.9 Å². The molecule has 0 aliphatic carbocycles.